The smallest absolute Gasteiger partial charge is 0.223 e. The SMILES string of the molecule is CCC(CC)(CCCCCCCC(N)=O)C(N)=O. The monoisotopic (exact) mass is 256 g/mol. The first-order valence-corrected chi connectivity index (χ1v) is 7.06. The maximum Gasteiger partial charge on any atom is 0.223 e. The van der Waals surface area contributed by atoms with Gasteiger partial charge in [-0.3, -0.25) is 9.59 Å². The standard InChI is InChI=1S/C14H28N2O2/c1-3-14(4-2,13(16)18)11-9-7-5-6-8-10-12(15)17/h3-11H2,1-2H3,(H2,15,17)(H2,16,18). The highest BCUT2D eigenvalue weighted by molar-refractivity contribution is 5.80. The van der Waals surface area contributed by atoms with Crippen molar-refractivity contribution in [2.75, 3.05) is 0 Å². The molecular formula is C14H28N2O2. The molecule has 0 atom stereocenters. The van der Waals surface area contributed by atoms with Gasteiger partial charge in [-0.15, -0.1) is 0 Å². The number of hydrogen-bond acceptors (Lipinski definition) is 2. The molecule has 0 aliphatic rings. The number of carbonyl (C=O) groups is 2. The Morgan fingerprint density at radius 3 is 1.83 bits per heavy atom. The van der Waals surface area contributed by atoms with Gasteiger partial charge in [-0.05, 0) is 25.7 Å². The fourth-order valence-electron chi connectivity index (χ4n) is 2.37. The van der Waals surface area contributed by atoms with E-state index in [1.165, 1.54) is 0 Å². The maximum atomic E-state index is 11.5. The summed E-state index contributed by atoms with van der Waals surface area (Å²) in [6.45, 7) is 4.06. The molecule has 18 heavy (non-hydrogen) atoms. The van der Waals surface area contributed by atoms with Crippen molar-refractivity contribution in [2.45, 2.75) is 71.6 Å². The van der Waals surface area contributed by atoms with Gasteiger partial charge in [0.2, 0.25) is 11.8 Å². The topological polar surface area (TPSA) is 86.2 Å². The van der Waals surface area contributed by atoms with Crippen LogP contribution in [0.3, 0.4) is 0 Å². The fraction of sp³-hybridized carbons (Fsp3) is 0.857. The lowest BCUT2D eigenvalue weighted by Gasteiger charge is -2.27. The molecule has 0 saturated heterocycles. The Labute approximate surface area is 110 Å². The second-order valence-electron chi connectivity index (χ2n) is 5.09. The van der Waals surface area contributed by atoms with E-state index >= 15 is 0 Å². The van der Waals surface area contributed by atoms with Crippen molar-refractivity contribution in [2.24, 2.45) is 16.9 Å². The molecule has 0 saturated carbocycles. The van der Waals surface area contributed by atoms with Gasteiger partial charge in [0.25, 0.3) is 0 Å². The van der Waals surface area contributed by atoms with Gasteiger partial charge < -0.3 is 11.5 Å². The molecule has 0 bridgehead atoms. The molecule has 0 unspecified atom stereocenters. The van der Waals surface area contributed by atoms with E-state index in [0.717, 1.165) is 51.4 Å². The van der Waals surface area contributed by atoms with E-state index in [0.29, 0.717) is 6.42 Å². The van der Waals surface area contributed by atoms with Crippen molar-refractivity contribution in [3.05, 3.63) is 0 Å². The Morgan fingerprint density at radius 1 is 0.889 bits per heavy atom. The Kier molecular flexibility index (Phi) is 8.42. The average molecular weight is 256 g/mol. The molecule has 4 N–H and O–H groups in total. The molecular weight excluding hydrogens is 228 g/mol. The van der Waals surface area contributed by atoms with Crippen molar-refractivity contribution in [3.8, 4) is 0 Å². The molecule has 4 nitrogen and oxygen atoms in total. The lowest BCUT2D eigenvalue weighted by atomic mass is 9.77. The van der Waals surface area contributed by atoms with Gasteiger partial charge >= 0.3 is 0 Å². The van der Waals surface area contributed by atoms with Crippen LogP contribution in [-0.4, -0.2) is 11.8 Å². The number of hydrogen-bond donors (Lipinski definition) is 2. The van der Waals surface area contributed by atoms with Gasteiger partial charge in [-0.25, -0.2) is 0 Å². The van der Waals surface area contributed by atoms with Gasteiger partial charge in [0.1, 0.15) is 0 Å². The molecule has 0 aromatic carbocycles. The van der Waals surface area contributed by atoms with Crippen LogP contribution >= 0.6 is 0 Å². The van der Waals surface area contributed by atoms with Gasteiger partial charge in [0, 0.05) is 11.8 Å². The van der Waals surface area contributed by atoms with E-state index in [1.54, 1.807) is 0 Å². The third kappa shape index (κ3) is 6.03. The molecule has 0 rings (SSSR count). The van der Waals surface area contributed by atoms with Crippen LogP contribution in [-0.2, 0) is 9.59 Å². The van der Waals surface area contributed by atoms with Crippen LogP contribution in [0.5, 0.6) is 0 Å². The molecule has 0 heterocycles. The number of primary amides is 2. The van der Waals surface area contributed by atoms with Crippen molar-refractivity contribution in [1.29, 1.82) is 0 Å². The minimum atomic E-state index is -0.312. The average Bonchev–Trinajstić information content (AvgIpc) is 2.32. The zero-order valence-electron chi connectivity index (χ0n) is 11.8. The second-order valence-corrected chi connectivity index (χ2v) is 5.09. The molecule has 0 aliphatic carbocycles. The number of unbranched alkanes of at least 4 members (excludes halogenated alkanes) is 4. The van der Waals surface area contributed by atoms with E-state index in [-0.39, 0.29) is 17.2 Å². The number of rotatable bonds is 11. The molecule has 106 valence electrons. The first-order chi connectivity index (χ1) is 8.48. The summed E-state index contributed by atoms with van der Waals surface area (Å²) in [5.74, 6) is -0.388. The third-order valence-electron chi connectivity index (χ3n) is 3.95. The molecule has 2 amide bonds. The number of carbonyl (C=O) groups excluding carboxylic acids is 2. The molecule has 0 spiro atoms. The van der Waals surface area contributed by atoms with Crippen molar-refractivity contribution in [3.63, 3.8) is 0 Å². The van der Waals surface area contributed by atoms with E-state index in [2.05, 4.69) is 0 Å². The minimum Gasteiger partial charge on any atom is -0.370 e. The van der Waals surface area contributed by atoms with Crippen molar-refractivity contribution >= 4 is 11.8 Å². The zero-order chi connectivity index (χ0) is 14.0. The number of amides is 2. The van der Waals surface area contributed by atoms with E-state index in [9.17, 15) is 9.59 Å². The Morgan fingerprint density at radius 2 is 1.39 bits per heavy atom. The summed E-state index contributed by atoms with van der Waals surface area (Å²) in [7, 11) is 0. The summed E-state index contributed by atoms with van der Waals surface area (Å²) in [5.41, 5.74) is 10.3. The Balaban J connectivity index is 3.75. The maximum absolute atomic E-state index is 11.5. The summed E-state index contributed by atoms with van der Waals surface area (Å²) in [5, 5.41) is 0. The van der Waals surface area contributed by atoms with E-state index in [4.69, 9.17) is 11.5 Å². The van der Waals surface area contributed by atoms with Crippen LogP contribution in [0.15, 0.2) is 0 Å². The minimum absolute atomic E-state index is 0.166. The van der Waals surface area contributed by atoms with Crippen LogP contribution in [0.25, 0.3) is 0 Å². The molecule has 0 aromatic rings. The van der Waals surface area contributed by atoms with E-state index in [1.807, 2.05) is 13.8 Å². The highest BCUT2D eigenvalue weighted by Crippen LogP contribution is 2.32. The Hall–Kier alpha value is -1.06. The highest BCUT2D eigenvalue weighted by Gasteiger charge is 2.31. The van der Waals surface area contributed by atoms with Crippen LogP contribution in [0.1, 0.15) is 71.6 Å². The Bertz CT molecular complexity index is 261. The fourth-order valence-corrected chi connectivity index (χ4v) is 2.37. The summed E-state index contributed by atoms with van der Waals surface area (Å²) in [6, 6.07) is 0. The summed E-state index contributed by atoms with van der Waals surface area (Å²) in [6.07, 6.45) is 8.12. The predicted octanol–water partition coefficient (Wildman–Crippen LogP) is 2.49. The lowest BCUT2D eigenvalue weighted by Crippen LogP contribution is -2.36. The zero-order valence-corrected chi connectivity index (χ0v) is 11.8. The number of nitrogens with two attached hydrogens (primary N) is 2. The van der Waals surface area contributed by atoms with Crippen LogP contribution in [0.2, 0.25) is 0 Å². The van der Waals surface area contributed by atoms with Gasteiger partial charge in [-0.2, -0.15) is 0 Å². The molecule has 0 aliphatic heterocycles. The van der Waals surface area contributed by atoms with Crippen LogP contribution in [0.4, 0.5) is 0 Å². The third-order valence-corrected chi connectivity index (χ3v) is 3.95. The largest absolute Gasteiger partial charge is 0.370 e. The second kappa shape index (κ2) is 8.95. The predicted molar refractivity (Wildman–Crippen MR) is 73.7 cm³/mol. The normalized spacial score (nSPS) is 11.4. The molecule has 4 heteroatoms. The van der Waals surface area contributed by atoms with Crippen LogP contribution in [0, 0.1) is 5.41 Å². The molecule has 0 aromatic heterocycles. The summed E-state index contributed by atoms with van der Waals surface area (Å²) in [4.78, 5) is 22.0. The first-order valence-electron chi connectivity index (χ1n) is 7.06. The molecule has 0 radical (unpaired) electrons. The molecule has 0 fully saturated rings. The van der Waals surface area contributed by atoms with Crippen molar-refractivity contribution in [1.82, 2.24) is 0 Å². The summed E-state index contributed by atoms with van der Waals surface area (Å²) >= 11 is 0. The quantitative estimate of drug-likeness (QED) is 0.556. The van der Waals surface area contributed by atoms with Crippen molar-refractivity contribution < 1.29 is 9.59 Å². The first kappa shape index (κ1) is 16.9. The van der Waals surface area contributed by atoms with Gasteiger partial charge in [-0.1, -0.05) is 39.5 Å². The van der Waals surface area contributed by atoms with Gasteiger partial charge in [0.15, 0.2) is 0 Å². The van der Waals surface area contributed by atoms with Gasteiger partial charge in [0.05, 0.1) is 0 Å². The summed E-state index contributed by atoms with van der Waals surface area (Å²) < 4.78 is 0. The van der Waals surface area contributed by atoms with Crippen LogP contribution < -0.4 is 11.5 Å². The highest BCUT2D eigenvalue weighted by atomic mass is 16.1. The van der Waals surface area contributed by atoms with E-state index < -0.39 is 0 Å². The lowest BCUT2D eigenvalue weighted by molar-refractivity contribution is -0.128.